The van der Waals surface area contributed by atoms with Crippen molar-refractivity contribution in [3.05, 3.63) is 41.5 Å². The van der Waals surface area contributed by atoms with Gasteiger partial charge in [0.1, 0.15) is 5.57 Å². The van der Waals surface area contributed by atoms with Crippen molar-refractivity contribution < 1.29 is 33.3 Å². The molecule has 1 saturated heterocycles. The average Bonchev–Trinajstić information content (AvgIpc) is 2.49. The molecule has 0 atom stereocenters. The fourth-order valence-electron chi connectivity index (χ4n) is 2.08. The second-order valence-electron chi connectivity index (χ2n) is 5.62. The zero-order chi connectivity index (χ0) is 18.6. The summed E-state index contributed by atoms with van der Waals surface area (Å²) in [5, 5.41) is 0. The number of benzene rings is 1. The lowest BCUT2D eigenvalue weighted by atomic mass is 10.1. The first-order valence-electron chi connectivity index (χ1n) is 7.43. The predicted octanol–water partition coefficient (Wildman–Crippen LogP) is 2.40. The topological polar surface area (TPSA) is 88.1 Å². The molecule has 0 N–H and O–H groups in total. The van der Waals surface area contributed by atoms with Crippen molar-refractivity contribution in [3.8, 4) is 11.5 Å². The number of esters is 3. The van der Waals surface area contributed by atoms with Crippen molar-refractivity contribution >= 4 is 24.0 Å². The van der Waals surface area contributed by atoms with Gasteiger partial charge in [0.25, 0.3) is 5.79 Å². The Morgan fingerprint density at radius 2 is 1.76 bits per heavy atom. The van der Waals surface area contributed by atoms with Gasteiger partial charge < -0.3 is 18.9 Å². The molecular weight excluding hydrogens is 328 g/mol. The van der Waals surface area contributed by atoms with Crippen LogP contribution in [-0.4, -0.2) is 30.8 Å². The summed E-state index contributed by atoms with van der Waals surface area (Å²) in [6.45, 7) is 4.25. The third kappa shape index (κ3) is 4.69. The summed E-state index contributed by atoms with van der Waals surface area (Å²) < 4.78 is 20.2. The quantitative estimate of drug-likeness (QED) is 0.358. The van der Waals surface area contributed by atoms with Crippen LogP contribution in [0.15, 0.2) is 35.9 Å². The largest absolute Gasteiger partial charge is 0.493 e. The van der Waals surface area contributed by atoms with Crippen LogP contribution in [0.4, 0.5) is 0 Å². The van der Waals surface area contributed by atoms with E-state index in [1.54, 1.807) is 24.3 Å². The molecule has 1 fully saturated rings. The highest BCUT2D eigenvalue weighted by atomic mass is 16.7. The average molecular weight is 346 g/mol. The maximum absolute atomic E-state index is 11.8. The van der Waals surface area contributed by atoms with Crippen LogP contribution in [0.1, 0.15) is 26.3 Å². The molecule has 0 bridgehead atoms. The van der Waals surface area contributed by atoms with Gasteiger partial charge in [0, 0.05) is 20.8 Å². The predicted molar refractivity (Wildman–Crippen MR) is 87.7 cm³/mol. The Bertz CT molecular complexity index is 750. The molecule has 0 unspecified atom stereocenters. The van der Waals surface area contributed by atoms with E-state index in [9.17, 15) is 14.4 Å². The minimum atomic E-state index is -1.27. The van der Waals surface area contributed by atoms with Crippen LogP contribution in [0.2, 0.25) is 0 Å². The Kier molecular flexibility index (Phi) is 5.26. The van der Waals surface area contributed by atoms with Gasteiger partial charge in [0.05, 0.1) is 7.11 Å². The monoisotopic (exact) mass is 346 g/mol. The number of rotatable bonds is 4. The smallest absolute Gasteiger partial charge is 0.348 e. The zero-order valence-electron chi connectivity index (χ0n) is 14.3. The molecule has 25 heavy (non-hydrogen) atoms. The highest BCUT2D eigenvalue weighted by molar-refractivity contribution is 6.15. The van der Waals surface area contributed by atoms with E-state index >= 15 is 0 Å². The van der Waals surface area contributed by atoms with Crippen molar-refractivity contribution in [2.75, 3.05) is 7.11 Å². The van der Waals surface area contributed by atoms with Crippen LogP contribution in [0, 0.1) is 0 Å². The first kappa shape index (κ1) is 18.3. The molecule has 132 valence electrons. The lowest BCUT2D eigenvalue weighted by Gasteiger charge is -2.29. The molecule has 0 aliphatic carbocycles. The van der Waals surface area contributed by atoms with Gasteiger partial charge in [0.2, 0.25) is 0 Å². The van der Waals surface area contributed by atoms with Crippen molar-refractivity contribution in [2.45, 2.75) is 26.6 Å². The van der Waals surface area contributed by atoms with Crippen LogP contribution >= 0.6 is 0 Å². The van der Waals surface area contributed by atoms with Crippen LogP contribution in [0.3, 0.4) is 0 Å². The number of hydrogen-bond acceptors (Lipinski definition) is 7. The number of allylic oxidation sites excluding steroid dienone is 2. The minimum Gasteiger partial charge on any atom is -0.493 e. The second kappa shape index (κ2) is 7.21. The van der Waals surface area contributed by atoms with Crippen LogP contribution < -0.4 is 9.47 Å². The van der Waals surface area contributed by atoms with Crippen molar-refractivity contribution in [1.82, 2.24) is 0 Å². The first-order valence-corrected chi connectivity index (χ1v) is 7.43. The molecule has 0 spiro atoms. The van der Waals surface area contributed by atoms with E-state index in [1.165, 1.54) is 40.0 Å². The highest BCUT2D eigenvalue weighted by Gasteiger charge is 2.38. The van der Waals surface area contributed by atoms with Crippen molar-refractivity contribution in [1.29, 1.82) is 0 Å². The minimum absolute atomic E-state index is 0.195. The molecule has 1 aliphatic rings. The molecule has 2 rings (SSSR count). The second-order valence-corrected chi connectivity index (χ2v) is 5.62. The first-order chi connectivity index (χ1) is 11.7. The van der Waals surface area contributed by atoms with Gasteiger partial charge in [-0.15, -0.1) is 0 Å². The van der Waals surface area contributed by atoms with E-state index in [0.717, 1.165) is 0 Å². The Balaban J connectivity index is 2.18. The zero-order valence-corrected chi connectivity index (χ0v) is 14.3. The van der Waals surface area contributed by atoms with Gasteiger partial charge in [-0.2, -0.15) is 0 Å². The number of hydrogen-bond donors (Lipinski definition) is 0. The van der Waals surface area contributed by atoms with E-state index < -0.39 is 23.7 Å². The molecule has 1 aliphatic heterocycles. The van der Waals surface area contributed by atoms with E-state index in [0.29, 0.717) is 17.1 Å². The maximum atomic E-state index is 11.8. The molecule has 1 aromatic carbocycles. The van der Waals surface area contributed by atoms with Gasteiger partial charge >= 0.3 is 17.9 Å². The van der Waals surface area contributed by atoms with Gasteiger partial charge in [-0.25, -0.2) is 9.59 Å². The Hall–Kier alpha value is -3.09. The highest BCUT2D eigenvalue weighted by Crippen LogP contribution is 2.29. The van der Waals surface area contributed by atoms with Crippen LogP contribution in [0.25, 0.3) is 6.08 Å². The molecule has 1 heterocycles. The van der Waals surface area contributed by atoms with Crippen LogP contribution in [-0.2, 0) is 23.9 Å². The van der Waals surface area contributed by atoms with E-state index in [1.807, 2.05) is 0 Å². The third-order valence-electron chi connectivity index (χ3n) is 3.11. The molecule has 0 aromatic heterocycles. The molecule has 0 radical (unpaired) electrons. The number of cyclic esters (lactones) is 2. The van der Waals surface area contributed by atoms with E-state index in [-0.39, 0.29) is 5.57 Å². The fraction of sp³-hybridized carbons (Fsp3) is 0.278. The summed E-state index contributed by atoms with van der Waals surface area (Å²) in [7, 11) is 1.45. The van der Waals surface area contributed by atoms with Gasteiger partial charge in [-0.3, -0.25) is 4.79 Å². The SMILES string of the molecule is COc1cc(/C=C/C=C2C(=O)OC(C)(C)OC2=O)ccc1OC(C)=O. The van der Waals surface area contributed by atoms with E-state index in [4.69, 9.17) is 18.9 Å². The summed E-state index contributed by atoms with van der Waals surface area (Å²) >= 11 is 0. The number of carbonyl (C=O) groups is 3. The lowest BCUT2D eigenvalue weighted by Crippen LogP contribution is -2.41. The Labute approximate surface area is 144 Å². The Morgan fingerprint density at radius 3 is 2.32 bits per heavy atom. The summed E-state index contributed by atoms with van der Waals surface area (Å²) in [6, 6.07) is 4.92. The lowest BCUT2D eigenvalue weighted by molar-refractivity contribution is -0.222. The molecule has 0 saturated carbocycles. The summed E-state index contributed by atoms with van der Waals surface area (Å²) in [5.41, 5.74) is 0.515. The fourth-order valence-corrected chi connectivity index (χ4v) is 2.08. The van der Waals surface area contributed by atoms with Crippen LogP contribution in [0.5, 0.6) is 11.5 Å². The van der Waals surface area contributed by atoms with Crippen molar-refractivity contribution in [3.63, 3.8) is 0 Å². The Morgan fingerprint density at radius 1 is 1.12 bits per heavy atom. The number of carbonyl (C=O) groups excluding carboxylic acids is 3. The molecule has 7 nitrogen and oxygen atoms in total. The van der Waals surface area contributed by atoms with Gasteiger partial charge in [-0.05, 0) is 23.8 Å². The van der Waals surface area contributed by atoms with Gasteiger partial charge in [-0.1, -0.05) is 18.2 Å². The normalized spacial score (nSPS) is 16.2. The number of ether oxygens (including phenoxy) is 4. The standard InChI is InChI=1S/C18H18O7/c1-11(19)23-14-9-8-12(10-15(14)22-4)6-5-7-13-16(20)24-18(2,3)25-17(13)21/h5-10H,1-4H3/b6-5+. The van der Waals surface area contributed by atoms with Gasteiger partial charge in [0.15, 0.2) is 11.5 Å². The molecule has 7 heteroatoms. The summed E-state index contributed by atoms with van der Waals surface area (Å²) in [4.78, 5) is 34.7. The molecule has 1 aromatic rings. The molecular formula is C18H18O7. The third-order valence-corrected chi connectivity index (χ3v) is 3.11. The summed E-state index contributed by atoms with van der Waals surface area (Å²) in [5.74, 6) is -2.53. The number of methoxy groups -OCH3 is 1. The molecule has 0 amide bonds. The maximum Gasteiger partial charge on any atom is 0.348 e. The van der Waals surface area contributed by atoms with Crippen molar-refractivity contribution in [2.24, 2.45) is 0 Å². The summed E-state index contributed by atoms with van der Waals surface area (Å²) in [6.07, 6.45) is 4.47. The van der Waals surface area contributed by atoms with E-state index in [2.05, 4.69) is 0 Å².